The van der Waals surface area contributed by atoms with E-state index in [1.54, 1.807) is 17.5 Å². The van der Waals surface area contributed by atoms with Crippen molar-refractivity contribution >= 4 is 27.3 Å². The molecule has 1 N–H and O–H groups in total. The highest BCUT2D eigenvalue weighted by atomic mass is 79.9. The van der Waals surface area contributed by atoms with Gasteiger partial charge in [0.1, 0.15) is 6.10 Å². The summed E-state index contributed by atoms with van der Waals surface area (Å²) in [5, 5.41) is 14.4. The number of aryl methyl sites for hydroxylation is 1. The van der Waals surface area contributed by atoms with Gasteiger partial charge in [0.2, 0.25) is 0 Å². The van der Waals surface area contributed by atoms with Gasteiger partial charge in [-0.05, 0) is 40.5 Å². The number of halogens is 1. The number of nitrogens with zero attached hydrogens (tertiary/aromatic N) is 2. The molecule has 5 heteroatoms. The molecule has 0 aliphatic heterocycles. The molecule has 0 radical (unpaired) electrons. The summed E-state index contributed by atoms with van der Waals surface area (Å²) < 4.78 is 2.98. The van der Waals surface area contributed by atoms with E-state index in [0.717, 1.165) is 22.4 Å². The fourth-order valence-electron chi connectivity index (χ4n) is 1.78. The second kappa shape index (κ2) is 5.80. The summed E-state index contributed by atoms with van der Waals surface area (Å²) in [7, 11) is 0. The Morgan fingerprint density at radius 2 is 2.29 bits per heavy atom. The Kier molecular flexibility index (Phi) is 4.36. The quantitative estimate of drug-likeness (QED) is 0.918. The van der Waals surface area contributed by atoms with Gasteiger partial charge in [-0.3, -0.25) is 4.68 Å². The third-order valence-corrected chi connectivity index (χ3v) is 4.20. The zero-order valence-electron chi connectivity index (χ0n) is 9.64. The molecule has 0 saturated carbocycles. The molecule has 0 saturated heterocycles. The molecule has 0 aliphatic carbocycles. The van der Waals surface area contributed by atoms with Crippen molar-refractivity contribution in [3.63, 3.8) is 0 Å². The van der Waals surface area contributed by atoms with Crippen LogP contribution in [-0.2, 0) is 13.0 Å². The van der Waals surface area contributed by atoms with Crippen LogP contribution in [0.5, 0.6) is 0 Å². The van der Waals surface area contributed by atoms with Crippen LogP contribution in [0.25, 0.3) is 0 Å². The number of aliphatic hydroxyl groups excluding tert-OH is 1. The average molecular weight is 315 g/mol. The zero-order chi connectivity index (χ0) is 12.3. The molecule has 3 nitrogen and oxygen atoms in total. The minimum Gasteiger partial charge on any atom is -0.386 e. The first-order valence-corrected chi connectivity index (χ1v) is 7.25. The van der Waals surface area contributed by atoms with Crippen molar-refractivity contribution in [3.8, 4) is 0 Å². The smallest absolute Gasteiger partial charge is 0.100 e. The summed E-state index contributed by atoms with van der Waals surface area (Å²) in [4.78, 5) is 1.17. The van der Waals surface area contributed by atoms with Crippen molar-refractivity contribution < 1.29 is 5.11 Å². The number of hydrogen-bond donors (Lipinski definition) is 1. The molecule has 17 heavy (non-hydrogen) atoms. The SMILES string of the molecule is CCCn1nccc1C(O)Cc1ccc(Br)s1. The molecule has 0 spiro atoms. The lowest BCUT2D eigenvalue weighted by atomic mass is 10.1. The summed E-state index contributed by atoms with van der Waals surface area (Å²) in [6.45, 7) is 2.96. The maximum absolute atomic E-state index is 10.2. The van der Waals surface area contributed by atoms with Crippen molar-refractivity contribution in [2.24, 2.45) is 0 Å². The van der Waals surface area contributed by atoms with Crippen LogP contribution >= 0.6 is 27.3 Å². The van der Waals surface area contributed by atoms with E-state index in [1.165, 1.54) is 4.88 Å². The van der Waals surface area contributed by atoms with Crippen LogP contribution in [0.2, 0.25) is 0 Å². The van der Waals surface area contributed by atoms with Gasteiger partial charge in [-0.15, -0.1) is 11.3 Å². The van der Waals surface area contributed by atoms with Gasteiger partial charge in [0, 0.05) is 24.0 Å². The first kappa shape index (κ1) is 12.8. The van der Waals surface area contributed by atoms with Crippen LogP contribution in [-0.4, -0.2) is 14.9 Å². The third-order valence-electron chi connectivity index (χ3n) is 2.55. The summed E-state index contributed by atoms with van der Waals surface area (Å²) in [6, 6.07) is 5.94. The molecule has 2 aromatic rings. The lowest BCUT2D eigenvalue weighted by Gasteiger charge is -2.11. The monoisotopic (exact) mass is 314 g/mol. The van der Waals surface area contributed by atoms with E-state index in [4.69, 9.17) is 0 Å². The Morgan fingerprint density at radius 1 is 1.47 bits per heavy atom. The van der Waals surface area contributed by atoms with E-state index in [2.05, 4.69) is 28.0 Å². The second-order valence-electron chi connectivity index (χ2n) is 3.90. The molecule has 2 rings (SSSR count). The van der Waals surface area contributed by atoms with E-state index in [-0.39, 0.29) is 0 Å². The topological polar surface area (TPSA) is 38.0 Å². The lowest BCUT2D eigenvalue weighted by molar-refractivity contribution is 0.167. The molecule has 2 heterocycles. The van der Waals surface area contributed by atoms with Gasteiger partial charge in [0.25, 0.3) is 0 Å². The maximum Gasteiger partial charge on any atom is 0.100 e. The Labute approximate surface area is 113 Å². The van der Waals surface area contributed by atoms with Crippen LogP contribution < -0.4 is 0 Å². The predicted molar refractivity (Wildman–Crippen MR) is 73.2 cm³/mol. The molecule has 0 aliphatic rings. The fraction of sp³-hybridized carbons (Fsp3) is 0.417. The van der Waals surface area contributed by atoms with Gasteiger partial charge in [-0.1, -0.05) is 6.92 Å². The Hall–Kier alpha value is -0.650. The fourth-order valence-corrected chi connectivity index (χ4v) is 3.30. The van der Waals surface area contributed by atoms with Crippen molar-refractivity contribution in [1.29, 1.82) is 0 Å². The minimum atomic E-state index is -0.477. The lowest BCUT2D eigenvalue weighted by Crippen LogP contribution is -2.10. The average Bonchev–Trinajstić information content (AvgIpc) is 2.88. The van der Waals surface area contributed by atoms with Crippen LogP contribution in [0.4, 0.5) is 0 Å². The molecule has 0 fully saturated rings. The molecule has 92 valence electrons. The molecule has 1 unspecified atom stereocenters. The van der Waals surface area contributed by atoms with Crippen LogP contribution in [0.1, 0.15) is 30.0 Å². The zero-order valence-corrected chi connectivity index (χ0v) is 12.0. The normalized spacial score (nSPS) is 12.9. The minimum absolute atomic E-state index is 0.477. The molecule has 0 bridgehead atoms. The molecular formula is C12H15BrN2OS. The van der Waals surface area contributed by atoms with Gasteiger partial charge in [0.15, 0.2) is 0 Å². The number of aliphatic hydroxyl groups is 1. The van der Waals surface area contributed by atoms with Crippen molar-refractivity contribution in [2.45, 2.75) is 32.4 Å². The molecule has 2 aromatic heterocycles. The molecule has 0 amide bonds. The van der Waals surface area contributed by atoms with Gasteiger partial charge in [-0.25, -0.2) is 0 Å². The molecular weight excluding hydrogens is 300 g/mol. The Morgan fingerprint density at radius 3 is 2.94 bits per heavy atom. The number of thiophene rings is 1. The summed E-state index contributed by atoms with van der Waals surface area (Å²) >= 11 is 5.09. The maximum atomic E-state index is 10.2. The van der Waals surface area contributed by atoms with Gasteiger partial charge >= 0.3 is 0 Å². The van der Waals surface area contributed by atoms with E-state index in [0.29, 0.717) is 6.42 Å². The van der Waals surface area contributed by atoms with Crippen molar-refractivity contribution in [1.82, 2.24) is 9.78 Å². The van der Waals surface area contributed by atoms with E-state index in [9.17, 15) is 5.11 Å². The molecule has 1 atom stereocenters. The third kappa shape index (κ3) is 3.18. The van der Waals surface area contributed by atoms with E-state index >= 15 is 0 Å². The number of hydrogen-bond acceptors (Lipinski definition) is 3. The van der Waals surface area contributed by atoms with Crippen molar-refractivity contribution in [3.05, 3.63) is 38.8 Å². The van der Waals surface area contributed by atoms with Crippen LogP contribution in [0.3, 0.4) is 0 Å². The predicted octanol–water partition coefficient (Wildman–Crippen LogP) is 3.39. The first-order valence-electron chi connectivity index (χ1n) is 5.64. The second-order valence-corrected chi connectivity index (χ2v) is 6.45. The van der Waals surface area contributed by atoms with Crippen LogP contribution in [0, 0.1) is 0 Å². The standard InChI is InChI=1S/C12H15BrN2OS/c1-2-7-15-10(5-6-14-15)11(16)8-9-3-4-12(13)17-9/h3-6,11,16H,2,7-8H2,1H3. The summed E-state index contributed by atoms with van der Waals surface area (Å²) in [6.07, 6.45) is 2.94. The number of aromatic nitrogens is 2. The molecule has 0 aromatic carbocycles. The summed E-state index contributed by atoms with van der Waals surface area (Å²) in [5.74, 6) is 0. The van der Waals surface area contributed by atoms with Crippen LogP contribution in [0.15, 0.2) is 28.2 Å². The highest BCUT2D eigenvalue weighted by Crippen LogP contribution is 2.26. The van der Waals surface area contributed by atoms with Gasteiger partial charge in [0.05, 0.1) is 9.48 Å². The van der Waals surface area contributed by atoms with Gasteiger partial charge < -0.3 is 5.11 Å². The highest BCUT2D eigenvalue weighted by Gasteiger charge is 2.14. The highest BCUT2D eigenvalue weighted by molar-refractivity contribution is 9.11. The van der Waals surface area contributed by atoms with E-state index in [1.807, 2.05) is 22.9 Å². The largest absolute Gasteiger partial charge is 0.386 e. The number of rotatable bonds is 5. The van der Waals surface area contributed by atoms with Gasteiger partial charge in [-0.2, -0.15) is 5.10 Å². The Bertz CT molecular complexity index is 480. The Balaban J connectivity index is 2.08. The first-order chi connectivity index (χ1) is 8.20. The summed E-state index contributed by atoms with van der Waals surface area (Å²) in [5.41, 5.74) is 0.899. The van der Waals surface area contributed by atoms with E-state index < -0.39 is 6.10 Å². The van der Waals surface area contributed by atoms with Crippen molar-refractivity contribution in [2.75, 3.05) is 0 Å².